The van der Waals surface area contributed by atoms with E-state index in [1.807, 2.05) is 0 Å². The van der Waals surface area contributed by atoms with Gasteiger partial charge in [0, 0.05) is 18.2 Å². The fourth-order valence-electron chi connectivity index (χ4n) is 2.25. The quantitative estimate of drug-likeness (QED) is 0.144. The van der Waals surface area contributed by atoms with E-state index in [0.717, 1.165) is 0 Å². The second-order valence-electron chi connectivity index (χ2n) is 6.61. The van der Waals surface area contributed by atoms with Gasteiger partial charge in [0.15, 0.2) is 52.2 Å². The Bertz CT molecular complexity index is 1170. The van der Waals surface area contributed by atoms with Gasteiger partial charge in [-0.05, 0) is 0 Å². The van der Waals surface area contributed by atoms with Gasteiger partial charge in [-0.15, -0.1) is 0 Å². The second kappa shape index (κ2) is 19.5. The molecule has 0 aromatic heterocycles. The molecule has 0 aliphatic heterocycles. The Labute approximate surface area is 275 Å². The van der Waals surface area contributed by atoms with Crippen LogP contribution in [0.5, 0.6) is 17.2 Å². The molecule has 44 heavy (non-hydrogen) atoms. The summed E-state index contributed by atoms with van der Waals surface area (Å²) in [6.45, 7) is 0. The molecule has 3 aromatic rings. The fourth-order valence-corrected chi connectivity index (χ4v) is 2.25. The van der Waals surface area contributed by atoms with E-state index in [4.69, 9.17) is 0 Å². The van der Waals surface area contributed by atoms with Crippen LogP contribution in [0.25, 0.3) is 0 Å². The van der Waals surface area contributed by atoms with Crippen LogP contribution >= 0.6 is 0 Å². The average Bonchev–Trinajstić information content (AvgIpc) is 2.88. The summed E-state index contributed by atoms with van der Waals surface area (Å²) in [5.41, 5.74) is 0. The molecule has 0 amide bonds. The van der Waals surface area contributed by atoms with Crippen molar-refractivity contribution in [1.29, 1.82) is 0 Å². The van der Waals surface area contributed by atoms with Gasteiger partial charge in [-0.2, -0.15) is 26.3 Å². The van der Waals surface area contributed by atoms with E-state index in [2.05, 4.69) is 14.0 Å². The third kappa shape index (κ3) is 12.4. The van der Waals surface area contributed by atoms with Crippen LogP contribution in [0, 0.1) is 69.8 Å². The SMILES string of the molecule is [Bi+3].[Bi+3].[O-]B([O-])Oc1c(F)c(F)cc(F)c1F.[O-]B([O-])Oc1c(F)c(F)cc(F)c1F.[O-]B([O-])Oc1c(F)c(F)cc(F)c1F. The molecule has 3 aromatic carbocycles. The summed E-state index contributed by atoms with van der Waals surface area (Å²) in [6, 6.07) is -0.202. The molecule has 0 aliphatic rings. The van der Waals surface area contributed by atoms with Gasteiger partial charge in [-0.1, -0.05) is 0 Å². The van der Waals surface area contributed by atoms with Gasteiger partial charge in [-0.3, -0.25) is 0 Å². The van der Waals surface area contributed by atoms with Crippen molar-refractivity contribution >= 4 is 74.4 Å². The molecule has 0 aliphatic carbocycles. The molecule has 26 heteroatoms. The molecule has 3 rings (SSSR count). The first-order chi connectivity index (χ1) is 19.3. The van der Waals surface area contributed by atoms with E-state index < -0.39 is 109 Å². The monoisotopic (exact) mass is 1040 g/mol. The van der Waals surface area contributed by atoms with E-state index in [0.29, 0.717) is 0 Å². The molecule has 4 radical (unpaired) electrons. The zero-order valence-electron chi connectivity index (χ0n) is 20.1. The average molecular weight is 1040 g/mol. The van der Waals surface area contributed by atoms with Crippen LogP contribution in [0.4, 0.5) is 52.7 Å². The number of hydrogen-bond donors (Lipinski definition) is 0. The minimum Gasteiger partial charge on any atom is -0.860 e. The maximum atomic E-state index is 12.6. The van der Waals surface area contributed by atoms with Crippen LogP contribution in [0.2, 0.25) is 0 Å². The van der Waals surface area contributed by atoms with E-state index >= 15 is 0 Å². The summed E-state index contributed by atoms with van der Waals surface area (Å²) in [5.74, 6) is -26.9. The number of rotatable bonds is 6. The molecule has 0 atom stereocenters. The number of benzene rings is 3. The van der Waals surface area contributed by atoms with E-state index in [9.17, 15) is 82.8 Å². The molecule has 0 spiro atoms. The third-order valence-electron chi connectivity index (χ3n) is 3.86. The molecule has 0 fully saturated rings. The zero-order valence-corrected chi connectivity index (χ0v) is 27.0. The normalized spacial score (nSPS) is 9.68. The van der Waals surface area contributed by atoms with Crippen molar-refractivity contribution in [3.05, 3.63) is 88.0 Å². The Hall–Kier alpha value is -2.06. The van der Waals surface area contributed by atoms with Gasteiger partial charge in [0.1, 0.15) is 22.0 Å². The summed E-state index contributed by atoms with van der Waals surface area (Å²) >= 11 is 0. The summed E-state index contributed by atoms with van der Waals surface area (Å²) in [4.78, 5) is 0. The molecule has 0 N–H and O–H groups in total. The molecule has 0 saturated heterocycles. The van der Waals surface area contributed by atoms with E-state index in [-0.39, 0.29) is 70.6 Å². The van der Waals surface area contributed by atoms with Crippen molar-refractivity contribution in [2.45, 2.75) is 0 Å². The van der Waals surface area contributed by atoms with Gasteiger partial charge in [0.05, 0.1) is 0 Å². The Balaban J connectivity index is 0. The molecule has 0 unspecified atom stereocenters. The Morgan fingerprint density at radius 3 is 0.591 bits per heavy atom. The van der Waals surface area contributed by atoms with Crippen molar-refractivity contribution in [1.82, 2.24) is 0 Å². The van der Waals surface area contributed by atoms with Gasteiger partial charge < -0.3 is 44.1 Å². The van der Waals surface area contributed by atoms with Gasteiger partial charge in [-0.25, -0.2) is 26.3 Å². The predicted octanol–water partition coefficient (Wildman–Crippen LogP) is -2.78. The first kappa shape index (κ1) is 44.1. The summed E-state index contributed by atoms with van der Waals surface area (Å²) in [5, 5.41) is 59.2. The van der Waals surface area contributed by atoms with Crippen LogP contribution in [0.1, 0.15) is 0 Å². The minimum atomic E-state index is -3.07. The number of halogens is 12. The molecule has 0 heterocycles. The molecule has 9 nitrogen and oxygen atoms in total. The third-order valence-corrected chi connectivity index (χ3v) is 3.86. The zero-order chi connectivity index (χ0) is 32.6. The van der Waals surface area contributed by atoms with E-state index in [1.54, 1.807) is 0 Å². The molecule has 0 bridgehead atoms. The Morgan fingerprint density at radius 1 is 0.341 bits per heavy atom. The minimum absolute atomic E-state index is 0. The Kier molecular flexibility index (Phi) is 19.5. The van der Waals surface area contributed by atoms with Crippen LogP contribution in [-0.2, 0) is 0 Å². The fraction of sp³-hybridized carbons (Fsp3) is 0. The van der Waals surface area contributed by atoms with Crippen molar-refractivity contribution in [2.75, 3.05) is 0 Å². The van der Waals surface area contributed by atoms with E-state index in [1.165, 1.54) is 0 Å². The second-order valence-corrected chi connectivity index (χ2v) is 6.61. The van der Waals surface area contributed by atoms with Gasteiger partial charge in [0.2, 0.25) is 34.9 Å². The van der Waals surface area contributed by atoms with Gasteiger partial charge >= 0.3 is 52.4 Å². The van der Waals surface area contributed by atoms with Crippen molar-refractivity contribution in [3.8, 4) is 17.2 Å². The smallest absolute Gasteiger partial charge is 0.860 e. The number of hydrogen-bond acceptors (Lipinski definition) is 9. The standard InChI is InChI=1S/3C6HBF4O3.2Bi/c3*8-2-1-3(9)5(11)6(4(2)10)14-7(12)13;;/h3*1H;;/q3*-2;2*+3. The van der Waals surface area contributed by atoms with Gasteiger partial charge in [0.25, 0.3) is 0 Å². The molecular weight excluding hydrogens is 1040 g/mol. The maximum absolute atomic E-state index is 12.6. The summed E-state index contributed by atoms with van der Waals surface area (Å²) in [7, 11) is -9.21. The van der Waals surface area contributed by atoms with Crippen molar-refractivity contribution in [2.24, 2.45) is 0 Å². The van der Waals surface area contributed by atoms with Crippen LogP contribution in [-0.4, -0.2) is 74.4 Å². The first-order valence-corrected chi connectivity index (χ1v) is 9.73. The summed E-state index contributed by atoms with van der Waals surface area (Å²) in [6.07, 6.45) is 0. The molecule has 0 saturated carbocycles. The van der Waals surface area contributed by atoms with Crippen molar-refractivity contribution < 1.29 is 96.8 Å². The maximum Gasteiger partial charge on any atom is 3.00 e. The van der Waals surface area contributed by atoms with Crippen LogP contribution < -0.4 is 44.1 Å². The predicted molar refractivity (Wildman–Crippen MR) is 109 cm³/mol. The largest absolute Gasteiger partial charge is 3.00 e. The molecular formula is C18H3B3Bi2F12O9. The Morgan fingerprint density at radius 2 is 0.477 bits per heavy atom. The van der Waals surface area contributed by atoms with Crippen molar-refractivity contribution in [3.63, 3.8) is 0 Å². The van der Waals surface area contributed by atoms with Crippen LogP contribution in [0.3, 0.4) is 0 Å². The van der Waals surface area contributed by atoms with Crippen LogP contribution in [0.15, 0.2) is 18.2 Å². The molecule has 232 valence electrons. The summed E-state index contributed by atoms with van der Waals surface area (Å²) < 4.78 is 161. The topological polar surface area (TPSA) is 166 Å². The first-order valence-electron chi connectivity index (χ1n) is 9.73.